The van der Waals surface area contributed by atoms with Crippen molar-refractivity contribution in [2.24, 2.45) is 5.92 Å². The third kappa shape index (κ3) is 3.95. The van der Waals surface area contributed by atoms with Crippen LogP contribution in [0, 0.1) is 11.7 Å². The normalized spacial score (nSPS) is 26.4. The lowest BCUT2D eigenvalue weighted by atomic mass is 9.82. The van der Waals surface area contributed by atoms with Gasteiger partial charge >= 0.3 is 0 Å². The minimum atomic E-state index is -0.264. The Hall–Kier alpha value is -1.09. The molecule has 0 bridgehead atoms. The Morgan fingerprint density at radius 3 is 2.75 bits per heavy atom. The number of nitrogens with one attached hydrogen (secondary N) is 1. The average molecular weight is 279 g/mol. The summed E-state index contributed by atoms with van der Waals surface area (Å²) in [4.78, 5) is 0. The van der Waals surface area contributed by atoms with Crippen LogP contribution in [0.1, 0.15) is 46.0 Å². The first kappa shape index (κ1) is 15.3. The molecule has 2 rings (SSSR count). The van der Waals surface area contributed by atoms with Crippen molar-refractivity contribution in [3.63, 3.8) is 0 Å². The lowest BCUT2D eigenvalue weighted by Gasteiger charge is -2.36. The molecule has 1 aromatic carbocycles. The van der Waals surface area contributed by atoms with Gasteiger partial charge in [0.1, 0.15) is 6.10 Å². The molecule has 0 spiro atoms. The van der Waals surface area contributed by atoms with Crippen LogP contribution in [-0.4, -0.2) is 18.7 Å². The Balaban J connectivity index is 2.04. The van der Waals surface area contributed by atoms with E-state index in [1.54, 1.807) is 12.1 Å². The summed E-state index contributed by atoms with van der Waals surface area (Å²) in [7, 11) is 0. The zero-order chi connectivity index (χ0) is 14.4. The topological polar surface area (TPSA) is 21.3 Å². The molecule has 0 radical (unpaired) electrons. The van der Waals surface area contributed by atoms with Gasteiger partial charge in [0.2, 0.25) is 0 Å². The van der Waals surface area contributed by atoms with Crippen molar-refractivity contribution in [2.75, 3.05) is 6.54 Å². The third-order valence-corrected chi connectivity index (χ3v) is 4.25. The molecule has 0 heterocycles. The van der Waals surface area contributed by atoms with Crippen LogP contribution in [0.3, 0.4) is 0 Å². The molecule has 1 fully saturated rings. The maximum Gasteiger partial charge on any atom is 0.165 e. The summed E-state index contributed by atoms with van der Waals surface area (Å²) in [6.45, 7) is 5.39. The molecule has 3 unspecified atom stereocenters. The molecule has 1 aliphatic rings. The fraction of sp³-hybridized carbons (Fsp3) is 0.647. The van der Waals surface area contributed by atoms with Crippen LogP contribution in [0.2, 0.25) is 0 Å². The number of rotatable bonds is 6. The van der Waals surface area contributed by atoms with Crippen molar-refractivity contribution in [1.29, 1.82) is 0 Å². The van der Waals surface area contributed by atoms with E-state index in [0.717, 1.165) is 25.8 Å². The summed E-state index contributed by atoms with van der Waals surface area (Å²) in [5.74, 6) is 0.823. The van der Waals surface area contributed by atoms with Gasteiger partial charge in [0.15, 0.2) is 11.6 Å². The molecule has 0 saturated heterocycles. The van der Waals surface area contributed by atoms with Crippen LogP contribution in [0.5, 0.6) is 5.75 Å². The lowest BCUT2D eigenvalue weighted by Crippen LogP contribution is -2.47. The van der Waals surface area contributed by atoms with Crippen molar-refractivity contribution < 1.29 is 9.13 Å². The number of halogens is 1. The maximum atomic E-state index is 13.8. The first-order valence-corrected chi connectivity index (χ1v) is 7.89. The third-order valence-electron chi connectivity index (χ3n) is 4.25. The first-order chi connectivity index (χ1) is 9.74. The molecule has 20 heavy (non-hydrogen) atoms. The van der Waals surface area contributed by atoms with E-state index >= 15 is 0 Å². The molecule has 112 valence electrons. The fourth-order valence-electron chi connectivity index (χ4n) is 2.98. The number of hydrogen-bond donors (Lipinski definition) is 1. The zero-order valence-corrected chi connectivity index (χ0v) is 12.6. The highest BCUT2D eigenvalue weighted by molar-refractivity contribution is 5.24. The van der Waals surface area contributed by atoms with Gasteiger partial charge in [-0.05, 0) is 50.3 Å². The molecule has 1 N–H and O–H groups in total. The second-order valence-electron chi connectivity index (χ2n) is 5.73. The van der Waals surface area contributed by atoms with E-state index in [9.17, 15) is 4.39 Å². The van der Waals surface area contributed by atoms with Gasteiger partial charge in [-0.2, -0.15) is 0 Å². The monoisotopic (exact) mass is 279 g/mol. The Labute approximate surface area is 121 Å². The van der Waals surface area contributed by atoms with Crippen LogP contribution in [-0.2, 0) is 0 Å². The van der Waals surface area contributed by atoms with Gasteiger partial charge in [0.05, 0.1) is 0 Å². The second-order valence-corrected chi connectivity index (χ2v) is 5.73. The van der Waals surface area contributed by atoms with E-state index in [1.807, 2.05) is 6.07 Å². The van der Waals surface area contributed by atoms with Gasteiger partial charge in [-0.25, -0.2) is 4.39 Å². The van der Waals surface area contributed by atoms with E-state index < -0.39 is 0 Å². The van der Waals surface area contributed by atoms with Gasteiger partial charge in [0.25, 0.3) is 0 Å². The lowest BCUT2D eigenvalue weighted by molar-refractivity contribution is 0.0813. The van der Waals surface area contributed by atoms with E-state index in [-0.39, 0.29) is 11.9 Å². The largest absolute Gasteiger partial charge is 0.486 e. The van der Waals surface area contributed by atoms with Crippen molar-refractivity contribution in [2.45, 2.75) is 58.1 Å². The molecule has 0 amide bonds. The molecule has 2 nitrogen and oxygen atoms in total. The van der Waals surface area contributed by atoms with Gasteiger partial charge in [-0.15, -0.1) is 0 Å². The van der Waals surface area contributed by atoms with Gasteiger partial charge in [-0.1, -0.05) is 32.4 Å². The Morgan fingerprint density at radius 2 is 2.05 bits per heavy atom. The van der Waals surface area contributed by atoms with Gasteiger partial charge in [-0.3, -0.25) is 0 Å². The molecule has 3 heteroatoms. The van der Waals surface area contributed by atoms with Crippen LogP contribution in [0.4, 0.5) is 4.39 Å². The van der Waals surface area contributed by atoms with Crippen LogP contribution < -0.4 is 10.1 Å². The summed E-state index contributed by atoms with van der Waals surface area (Å²) in [5.41, 5.74) is 0. The molecular formula is C17H26FNO. The summed E-state index contributed by atoms with van der Waals surface area (Å²) >= 11 is 0. The van der Waals surface area contributed by atoms with Crippen LogP contribution >= 0.6 is 0 Å². The molecule has 0 aliphatic heterocycles. The standard InChI is InChI=1S/C17H26FNO/c1-3-11-19-15-10-9-13(4-2)12-17(15)20-16-8-6-5-7-14(16)18/h5-8,13,15,17,19H,3-4,9-12H2,1-2H3. The summed E-state index contributed by atoms with van der Waals surface area (Å²) in [6.07, 6.45) is 5.76. The fourth-order valence-corrected chi connectivity index (χ4v) is 2.98. The predicted molar refractivity (Wildman–Crippen MR) is 80.5 cm³/mol. The molecule has 1 saturated carbocycles. The minimum Gasteiger partial charge on any atom is -0.486 e. The highest BCUT2D eigenvalue weighted by Gasteiger charge is 2.31. The first-order valence-electron chi connectivity index (χ1n) is 7.89. The predicted octanol–water partition coefficient (Wildman–Crippen LogP) is 4.15. The number of benzene rings is 1. The number of hydrogen-bond acceptors (Lipinski definition) is 2. The highest BCUT2D eigenvalue weighted by atomic mass is 19.1. The molecule has 1 aromatic rings. The highest BCUT2D eigenvalue weighted by Crippen LogP contribution is 2.30. The minimum absolute atomic E-state index is 0.0807. The Morgan fingerprint density at radius 1 is 1.25 bits per heavy atom. The molecule has 1 aliphatic carbocycles. The van der Waals surface area contributed by atoms with Crippen LogP contribution in [0.15, 0.2) is 24.3 Å². The van der Waals surface area contributed by atoms with Gasteiger partial charge < -0.3 is 10.1 Å². The van der Waals surface area contributed by atoms with Crippen molar-refractivity contribution in [1.82, 2.24) is 5.32 Å². The number of para-hydroxylation sites is 1. The van der Waals surface area contributed by atoms with Crippen molar-refractivity contribution in [3.8, 4) is 5.75 Å². The SMILES string of the molecule is CCCNC1CCC(CC)CC1Oc1ccccc1F. The Bertz CT molecular complexity index is 410. The summed E-state index contributed by atoms with van der Waals surface area (Å²) in [5, 5.41) is 3.56. The smallest absolute Gasteiger partial charge is 0.165 e. The van der Waals surface area contributed by atoms with Crippen molar-refractivity contribution >= 4 is 0 Å². The van der Waals surface area contributed by atoms with Crippen LogP contribution in [0.25, 0.3) is 0 Å². The quantitative estimate of drug-likeness (QED) is 0.844. The molecule has 3 atom stereocenters. The van der Waals surface area contributed by atoms with E-state index in [4.69, 9.17) is 4.74 Å². The summed E-state index contributed by atoms with van der Waals surface area (Å²) < 4.78 is 19.7. The number of ether oxygens (including phenoxy) is 1. The van der Waals surface area contributed by atoms with E-state index in [0.29, 0.717) is 17.7 Å². The average Bonchev–Trinajstić information content (AvgIpc) is 2.48. The van der Waals surface area contributed by atoms with Gasteiger partial charge in [0, 0.05) is 6.04 Å². The van der Waals surface area contributed by atoms with Crippen molar-refractivity contribution in [3.05, 3.63) is 30.1 Å². The van der Waals surface area contributed by atoms with E-state index in [1.165, 1.54) is 18.9 Å². The van der Waals surface area contributed by atoms with E-state index in [2.05, 4.69) is 19.2 Å². The Kier molecular flexibility index (Phi) is 5.84. The second kappa shape index (κ2) is 7.63. The molecular weight excluding hydrogens is 253 g/mol. The summed E-state index contributed by atoms with van der Waals surface area (Å²) in [6, 6.07) is 7.06. The molecule has 0 aromatic heterocycles. The maximum absolute atomic E-state index is 13.8. The zero-order valence-electron chi connectivity index (χ0n) is 12.6.